The van der Waals surface area contributed by atoms with Crippen LogP contribution in [-0.4, -0.2) is 6.54 Å². The van der Waals surface area contributed by atoms with E-state index in [-0.39, 0.29) is 5.56 Å². The van der Waals surface area contributed by atoms with Crippen LogP contribution in [0.15, 0.2) is 40.2 Å². The lowest BCUT2D eigenvalue weighted by atomic mass is 9.98. The Morgan fingerprint density at radius 3 is 2.48 bits per heavy atom. The van der Waals surface area contributed by atoms with Crippen molar-refractivity contribution in [1.29, 1.82) is 0 Å². The summed E-state index contributed by atoms with van der Waals surface area (Å²) in [6.45, 7) is 2.65. The quantitative estimate of drug-likeness (QED) is 0.712. The van der Waals surface area contributed by atoms with Crippen LogP contribution < -0.4 is 5.32 Å². The van der Waals surface area contributed by atoms with E-state index in [0.717, 1.165) is 21.2 Å². The Bertz CT molecular complexity index is 595. The van der Waals surface area contributed by atoms with E-state index in [1.165, 1.54) is 17.4 Å². The van der Waals surface area contributed by atoms with Crippen LogP contribution in [0.5, 0.6) is 0 Å². The van der Waals surface area contributed by atoms with E-state index in [1.54, 1.807) is 12.1 Å². The van der Waals surface area contributed by atoms with Crippen LogP contribution in [0.2, 0.25) is 0 Å². The molecule has 1 aromatic heterocycles. The predicted octanol–water partition coefficient (Wildman–Crippen LogP) is 5.62. The summed E-state index contributed by atoms with van der Waals surface area (Å²) in [5, 5.41) is 3.22. The molecule has 0 aliphatic carbocycles. The summed E-state index contributed by atoms with van der Waals surface area (Å²) < 4.78 is 40.6. The third kappa shape index (κ3) is 4.08. The summed E-state index contributed by atoms with van der Waals surface area (Å²) >= 11 is 4.81. The van der Waals surface area contributed by atoms with Gasteiger partial charge in [0.15, 0.2) is 0 Å². The zero-order valence-electron chi connectivity index (χ0n) is 11.4. The lowest BCUT2D eigenvalue weighted by Crippen LogP contribution is -2.25. The van der Waals surface area contributed by atoms with Crippen LogP contribution in [0.3, 0.4) is 0 Å². The zero-order chi connectivity index (χ0) is 15.5. The number of halogens is 4. The highest BCUT2D eigenvalue weighted by Gasteiger charge is 2.35. The number of thiophene rings is 1. The van der Waals surface area contributed by atoms with Gasteiger partial charge in [0.05, 0.1) is 15.4 Å². The number of benzene rings is 1. The second kappa shape index (κ2) is 6.94. The molecule has 0 aliphatic heterocycles. The van der Waals surface area contributed by atoms with Crippen molar-refractivity contribution in [3.63, 3.8) is 0 Å². The molecule has 2 aromatic rings. The average molecular weight is 378 g/mol. The highest BCUT2D eigenvalue weighted by Crippen LogP contribution is 2.38. The Labute approximate surface area is 134 Å². The normalized spacial score (nSPS) is 13.4. The highest BCUT2D eigenvalue weighted by atomic mass is 79.9. The summed E-state index contributed by atoms with van der Waals surface area (Å²) in [6, 6.07) is 9.02. The third-order valence-corrected chi connectivity index (χ3v) is 4.74. The predicted molar refractivity (Wildman–Crippen MR) is 83.6 cm³/mol. The Morgan fingerprint density at radius 2 is 1.90 bits per heavy atom. The van der Waals surface area contributed by atoms with Crippen molar-refractivity contribution in [3.8, 4) is 0 Å². The molecule has 2 rings (SSSR count). The van der Waals surface area contributed by atoms with E-state index in [0.29, 0.717) is 6.54 Å². The van der Waals surface area contributed by atoms with Crippen molar-refractivity contribution < 1.29 is 13.2 Å². The van der Waals surface area contributed by atoms with Gasteiger partial charge in [0.25, 0.3) is 0 Å². The molecule has 0 fully saturated rings. The zero-order valence-corrected chi connectivity index (χ0v) is 13.8. The number of alkyl halides is 3. The molecule has 1 heterocycles. The van der Waals surface area contributed by atoms with Crippen LogP contribution in [-0.2, 0) is 6.18 Å². The molecule has 0 bridgehead atoms. The topological polar surface area (TPSA) is 12.0 Å². The Balaban J connectivity index is 2.46. The van der Waals surface area contributed by atoms with Gasteiger partial charge in [0.2, 0.25) is 0 Å². The van der Waals surface area contributed by atoms with Gasteiger partial charge in [0.1, 0.15) is 0 Å². The second-order valence-corrected chi connectivity index (χ2v) is 7.11. The van der Waals surface area contributed by atoms with Crippen molar-refractivity contribution in [1.82, 2.24) is 5.32 Å². The van der Waals surface area contributed by atoms with E-state index >= 15 is 0 Å². The molecule has 6 heteroatoms. The van der Waals surface area contributed by atoms with Crippen molar-refractivity contribution in [3.05, 3.63) is 56.2 Å². The molecular formula is C15H15BrF3NS. The van der Waals surface area contributed by atoms with E-state index in [2.05, 4.69) is 21.2 Å². The first-order chi connectivity index (χ1) is 9.93. The first kappa shape index (κ1) is 16.5. The molecule has 0 spiro atoms. The maximum atomic E-state index is 13.2. The minimum absolute atomic E-state index is 0.271. The van der Waals surface area contributed by atoms with Crippen molar-refractivity contribution >= 4 is 27.3 Å². The molecule has 1 unspecified atom stereocenters. The van der Waals surface area contributed by atoms with E-state index in [1.807, 2.05) is 19.1 Å². The van der Waals surface area contributed by atoms with Crippen LogP contribution in [0, 0.1) is 0 Å². The molecule has 0 radical (unpaired) electrons. The monoisotopic (exact) mass is 377 g/mol. The summed E-state index contributed by atoms with van der Waals surface area (Å²) in [6.07, 6.45) is -3.49. The maximum Gasteiger partial charge on any atom is 0.416 e. The second-order valence-electron chi connectivity index (χ2n) is 4.61. The van der Waals surface area contributed by atoms with Gasteiger partial charge in [-0.05, 0) is 52.7 Å². The number of nitrogens with one attached hydrogen (secondary N) is 1. The molecule has 0 aliphatic rings. The summed E-state index contributed by atoms with van der Waals surface area (Å²) in [7, 11) is 0. The highest BCUT2D eigenvalue weighted by molar-refractivity contribution is 9.11. The van der Waals surface area contributed by atoms with Crippen molar-refractivity contribution in [2.75, 3.05) is 6.54 Å². The smallest absolute Gasteiger partial charge is 0.306 e. The van der Waals surface area contributed by atoms with Crippen LogP contribution in [0.1, 0.15) is 35.4 Å². The van der Waals surface area contributed by atoms with Crippen LogP contribution in [0.25, 0.3) is 0 Å². The fraction of sp³-hybridized carbons (Fsp3) is 0.333. The van der Waals surface area contributed by atoms with Gasteiger partial charge in [-0.15, -0.1) is 11.3 Å². The molecule has 0 saturated carbocycles. The molecule has 1 aromatic carbocycles. The summed E-state index contributed by atoms with van der Waals surface area (Å²) in [4.78, 5) is 0.868. The third-order valence-electron chi connectivity index (χ3n) is 3.05. The lowest BCUT2D eigenvalue weighted by molar-refractivity contribution is -0.138. The minimum atomic E-state index is -4.35. The van der Waals surface area contributed by atoms with E-state index in [9.17, 15) is 13.2 Å². The molecule has 1 nitrogen and oxygen atoms in total. The van der Waals surface area contributed by atoms with Crippen LogP contribution >= 0.6 is 27.3 Å². The molecule has 1 N–H and O–H groups in total. The van der Waals surface area contributed by atoms with E-state index in [4.69, 9.17) is 0 Å². The summed E-state index contributed by atoms with van der Waals surface area (Å²) in [5.74, 6) is 0. The molecule has 0 saturated heterocycles. The minimum Gasteiger partial charge on any atom is -0.306 e. The maximum absolute atomic E-state index is 13.2. The number of hydrogen-bond donors (Lipinski definition) is 1. The number of rotatable bonds is 5. The van der Waals surface area contributed by atoms with Crippen molar-refractivity contribution in [2.45, 2.75) is 25.6 Å². The molecule has 0 amide bonds. The first-order valence-electron chi connectivity index (χ1n) is 6.58. The first-order valence-corrected chi connectivity index (χ1v) is 8.19. The standard InChI is InChI=1S/C15H15BrF3NS/c1-2-9-20-14(12-7-8-13(16)21-12)10-5-3-4-6-11(10)15(17,18)19/h3-8,14,20H,2,9H2,1H3. The molecule has 114 valence electrons. The van der Waals surface area contributed by atoms with Gasteiger partial charge in [-0.25, -0.2) is 0 Å². The SMILES string of the molecule is CCCNC(c1ccc(Br)s1)c1ccccc1C(F)(F)F. The van der Waals surface area contributed by atoms with Gasteiger partial charge >= 0.3 is 6.18 Å². The fourth-order valence-electron chi connectivity index (χ4n) is 2.14. The lowest BCUT2D eigenvalue weighted by Gasteiger charge is -2.22. The Kier molecular flexibility index (Phi) is 5.46. The Hall–Kier alpha value is -0.850. The largest absolute Gasteiger partial charge is 0.416 e. The molecular weight excluding hydrogens is 363 g/mol. The van der Waals surface area contributed by atoms with Crippen LogP contribution in [0.4, 0.5) is 13.2 Å². The van der Waals surface area contributed by atoms with Gasteiger partial charge in [-0.3, -0.25) is 0 Å². The molecule has 21 heavy (non-hydrogen) atoms. The van der Waals surface area contributed by atoms with Gasteiger partial charge in [0, 0.05) is 4.88 Å². The van der Waals surface area contributed by atoms with Gasteiger partial charge in [-0.1, -0.05) is 25.1 Å². The van der Waals surface area contributed by atoms with Gasteiger partial charge in [-0.2, -0.15) is 13.2 Å². The Morgan fingerprint density at radius 1 is 1.19 bits per heavy atom. The molecule has 1 atom stereocenters. The number of hydrogen-bond acceptors (Lipinski definition) is 2. The van der Waals surface area contributed by atoms with Gasteiger partial charge < -0.3 is 5.32 Å². The fourth-order valence-corrected chi connectivity index (χ4v) is 3.66. The van der Waals surface area contributed by atoms with E-state index < -0.39 is 17.8 Å². The summed E-state index contributed by atoms with van der Waals surface area (Å²) in [5.41, 5.74) is -0.309. The average Bonchev–Trinajstić information content (AvgIpc) is 2.85. The van der Waals surface area contributed by atoms with Crippen molar-refractivity contribution in [2.24, 2.45) is 0 Å².